The zero-order valence-corrected chi connectivity index (χ0v) is 12.3. The van der Waals surface area contributed by atoms with E-state index in [-0.39, 0.29) is 11.7 Å². The Kier molecular flexibility index (Phi) is 3.65. The zero-order valence-electron chi connectivity index (χ0n) is 12.3. The van der Waals surface area contributed by atoms with Crippen LogP contribution in [0.5, 0.6) is 0 Å². The van der Waals surface area contributed by atoms with Crippen molar-refractivity contribution < 1.29 is 14.3 Å². The quantitative estimate of drug-likeness (QED) is 0.847. The Morgan fingerprint density at radius 1 is 1.14 bits per heavy atom. The predicted molar refractivity (Wildman–Crippen MR) is 81.7 cm³/mol. The van der Waals surface area contributed by atoms with E-state index in [2.05, 4.69) is 0 Å². The third-order valence-corrected chi connectivity index (χ3v) is 4.02. The summed E-state index contributed by atoms with van der Waals surface area (Å²) in [5.41, 5.74) is 2.59. The molecular formula is C18H18O3. The summed E-state index contributed by atoms with van der Waals surface area (Å²) in [5, 5.41) is 0. The number of ether oxygens (including phenoxy) is 2. The molecule has 21 heavy (non-hydrogen) atoms. The van der Waals surface area contributed by atoms with Crippen molar-refractivity contribution in [2.45, 2.75) is 12.8 Å². The molecule has 0 N–H and O–H groups in total. The lowest BCUT2D eigenvalue weighted by atomic mass is 9.81. The van der Waals surface area contributed by atoms with Crippen LogP contribution in [-0.2, 0) is 9.47 Å². The number of carbonyl (C=O) groups is 1. The summed E-state index contributed by atoms with van der Waals surface area (Å²) in [4.78, 5) is 12.8. The molecule has 0 radical (unpaired) electrons. The third kappa shape index (κ3) is 2.29. The van der Waals surface area contributed by atoms with Gasteiger partial charge >= 0.3 is 0 Å². The van der Waals surface area contributed by atoms with Crippen LogP contribution in [0.4, 0.5) is 0 Å². The van der Waals surface area contributed by atoms with Crippen LogP contribution >= 0.6 is 0 Å². The van der Waals surface area contributed by atoms with Gasteiger partial charge in [-0.1, -0.05) is 36.4 Å². The molecule has 0 aliphatic heterocycles. The van der Waals surface area contributed by atoms with Gasteiger partial charge in [0.2, 0.25) is 0 Å². The molecule has 2 aliphatic rings. The van der Waals surface area contributed by atoms with Gasteiger partial charge in [0.25, 0.3) is 0 Å². The number of fused-ring (bicyclic) bond motifs is 1. The van der Waals surface area contributed by atoms with Crippen molar-refractivity contribution in [3.05, 3.63) is 64.6 Å². The first-order valence-corrected chi connectivity index (χ1v) is 7.09. The Morgan fingerprint density at radius 2 is 1.95 bits per heavy atom. The Hall–Kier alpha value is -2.29. The Balaban J connectivity index is 2.07. The molecule has 0 heterocycles. The fourth-order valence-corrected chi connectivity index (χ4v) is 3.00. The summed E-state index contributed by atoms with van der Waals surface area (Å²) in [6.45, 7) is 0. The highest BCUT2D eigenvalue weighted by molar-refractivity contribution is 6.06. The van der Waals surface area contributed by atoms with E-state index < -0.39 is 0 Å². The van der Waals surface area contributed by atoms with Crippen LogP contribution in [-0.4, -0.2) is 20.0 Å². The van der Waals surface area contributed by atoms with E-state index in [1.807, 2.05) is 42.5 Å². The highest BCUT2D eigenvalue weighted by Crippen LogP contribution is 2.37. The van der Waals surface area contributed by atoms with Gasteiger partial charge in [-0.3, -0.25) is 4.79 Å². The van der Waals surface area contributed by atoms with Crippen molar-refractivity contribution in [1.82, 2.24) is 0 Å². The smallest absolute Gasteiger partial charge is 0.174 e. The highest BCUT2D eigenvalue weighted by atomic mass is 16.5. The van der Waals surface area contributed by atoms with Crippen LogP contribution < -0.4 is 0 Å². The Morgan fingerprint density at radius 3 is 2.71 bits per heavy atom. The van der Waals surface area contributed by atoms with Crippen LogP contribution in [0, 0.1) is 5.92 Å². The van der Waals surface area contributed by atoms with Gasteiger partial charge in [-0.15, -0.1) is 0 Å². The number of Topliss-reactive ketones (excluding diaryl/α,β-unsaturated/α-hetero) is 1. The summed E-state index contributed by atoms with van der Waals surface area (Å²) in [6.07, 6.45) is 7.65. The molecule has 1 aromatic rings. The fourth-order valence-electron chi connectivity index (χ4n) is 3.00. The molecule has 0 amide bonds. The van der Waals surface area contributed by atoms with Gasteiger partial charge < -0.3 is 9.47 Å². The van der Waals surface area contributed by atoms with E-state index in [1.54, 1.807) is 14.2 Å². The first kappa shape index (κ1) is 13.7. The topological polar surface area (TPSA) is 35.5 Å². The summed E-state index contributed by atoms with van der Waals surface area (Å²) >= 11 is 0. The molecule has 1 aromatic carbocycles. The Bertz CT molecular complexity index is 665. The van der Waals surface area contributed by atoms with E-state index in [4.69, 9.17) is 9.47 Å². The number of rotatable bonds is 3. The normalized spacial score (nSPS) is 21.0. The number of hydrogen-bond donors (Lipinski definition) is 0. The Labute approximate surface area is 124 Å². The SMILES string of the molecule is COC1=CCCC(OC)=C1C1C=Cc2ccccc2C1=O. The van der Waals surface area contributed by atoms with Gasteiger partial charge in [0.05, 0.1) is 20.1 Å². The van der Waals surface area contributed by atoms with E-state index in [0.717, 1.165) is 41.1 Å². The van der Waals surface area contributed by atoms with Crippen LogP contribution in [0.1, 0.15) is 28.8 Å². The second kappa shape index (κ2) is 5.60. The lowest BCUT2D eigenvalue weighted by Gasteiger charge is -2.26. The monoisotopic (exact) mass is 282 g/mol. The zero-order chi connectivity index (χ0) is 14.8. The second-order valence-electron chi connectivity index (χ2n) is 5.14. The van der Waals surface area contributed by atoms with Gasteiger partial charge in [0.1, 0.15) is 11.5 Å². The van der Waals surface area contributed by atoms with Crippen LogP contribution in [0.3, 0.4) is 0 Å². The number of ketones is 1. The van der Waals surface area contributed by atoms with E-state index in [1.165, 1.54) is 0 Å². The second-order valence-corrected chi connectivity index (χ2v) is 5.14. The highest BCUT2D eigenvalue weighted by Gasteiger charge is 2.32. The molecule has 2 aliphatic carbocycles. The number of hydrogen-bond acceptors (Lipinski definition) is 3. The molecule has 0 aromatic heterocycles. The number of benzene rings is 1. The van der Waals surface area contributed by atoms with E-state index in [9.17, 15) is 4.79 Å². The summed E-state index contributed by atoms with van der Waals surface area (Å²) in [5.74, 6) is 1.36. The van der Waals surface area contributed by atoms with Crippen molar-refractivity contribution in [3.8, 4) is 0 Å². The number of methoxy groups -OCH3 is 2. The molecule has 0 fully saturated rings. The fraction of sp³-hybridized carbons (Fsp3) is 0.278. The van der Waals surface area contributed by atoms with Crippen LogP contribution in [0.2, 0.25) is 0 Å². The van der Waals surface area contributed by atoms with Gasteiger partial charge in [-0.2, -0.15) is 0 Å². The van der Waals surface area contributed by atoms with Crippen molar-refractivity contribution in [3.63, 3.8) is 0 Å². The molecular weight excluding hydrogens is 264 g/mol. The molecule has 0 saturated carbocycles. The molecule has 108 valence electrons. The standard InChI is InChI=1S/C18H18O3/c1-20-15-8-5-9-16(21-2)17(15)14-11-10-12-6-3-4-7-13(12)18(14)19/h3-4,6-8,10-11,14H,5,9H2,1-2H3. The van der Waals surface area contributed by atoms with Crippen LogP contribution in [0.25, 0.3) is 6.08 Å². The number of allylic oxidation sites excluding steroid dienone is 4. The van der Waals surface area contributed by atoms with Crippen molar-refractivity contribution >= 4 is 11.9 Å². The first-order chi connectivity index (χ1) is 10.3. The lowest BCUT2D eigenvalue weighted by molar-refractivity contribution is 0.0950. The summed E-state index contributed by atoms with van der Waals surface area (Å²) in [6, 6.07) is 7.67. The van der Waals surface area contributed by atoms with Crippen molar-refractivity contribution in [2.75, 3.05) is 14.2 Å². The average molecular weight is 282 g/mol. The molecule has 3 rings (SSSR count). The maximum Gasteiger partial charge on any atom is 0.174 e. The maximum atomic E-state index is 12.8. The minimum Gasteiger partial charge on any atom is -0.501 e. The molecule has 1 unspecified atom stereocenters. The van der Waals surface area contributed by atoms with Gasteiger partial charge in [-0.05, 0) is 18.1 Å². The third-order valence-electron chi connectivity index (χ3n) is 4.02. The average Bonchev–Trinajstić information content (AvgIpc) is 2.55. The molecule has 0 bridgehead atoms. The van der Waals surface area contributed by atoms with Crippen molar-refractivity contribution in [2.24, 2.45) is 5.92 Å². The molecule has 3 nitrogen and oxygen atoms in total. The largest absolute Gasteiger partial charge is 0.501 e. The minimum absolute atomic E-state index is 0.0995. The lowest BCUT2D eigenvalue weighted by Crippen LogP contribution is -2.23. The molecule has 0 spiro atoms. The molecule has 1 atom stereocenters. The molecule has 0 saturated heterocycles. The van der Waals surface area contributed by atoms with Crippen LogP contribution in [0.15, 0.2) is 53.5 Å². The van der Waals surface area contributed by atoms with Gasteiger partial charge in [-0.25, -0.2) is 0 Å². The van der Waals surface area contributed by atoms with E-state index in [0.29, 0.717) is 0 Å². The van der Waals surface area contributed by atoms with E-state index >= 15 is 0 Å². The maximum absolute atomic E-state index is 12.8. The van der Waals surface area contributed by atoms with Gasteiger partial charge in [0, 0.05) is 17.6 Å². The van der Waals surface area contributed by atoms with Crippen molar-refractivity contribution in [1.29, 1.82) is 0 Å². The first-order valence-electron chi connectivity index (χ1n) is 7.09. The summed E-state index contributed by atoms with van der Waals surface area (Å²) < 4.78 is 11.0. The predicted octanol–water partition coefficient (Wildman–Crippen LogP) is 3.74. The summed E-state index contributed by atoms with van der Waals surface area (Å²) in [7, 11) is 3.29. The minimum atomic E-state index is -0.332. The van der Waals surface area contributed by atoms with Gasteiger partial charge in [0.15, 0.2) is 5.78 Å². The number of carbonyl (C=O) groups excluding carboxylic acids is 1. The molecule has 3 heteroatoms.